The second-order valence-electron chi connectivity index (χ2n) is 8.91. The number of hydrogen-bond acceptors (Lipinski definition) is 5. The maximum atomic E-state index is 14.3. The van der Waals surface area contributed by atoms with Crippen LogP contribution in [0.2, 0.25) is 0 Å². The van der Waals surface area contributed by atoms with Crippen molar-refractivity contribution >= 4 is 5.91 Å². The number of rotatable bonds is 5. The van der Waals surface area contributed by atoms with Gasteiger partial charge in [0.25, 0.3) is 11.8 Å². The minimum Gasteiger partial charge on any atom is -0.361 e. The predicted octanol–water partition coefficient (Wildman–Crippen LogP) is 3.30. The van der Waals surface area contributed by atoms with Crippen molar-refractivity contribution in [3.05, 3.63) is 17.0 Å². The fourth-order valence-electron chi connectivity index (χ4n) is 4.96. The van der Waals surface area contributed by atoms with Gasteiger partial charge in [0.05, 0.1) is 12.6 Å². The third kappa shape index (κ3) is 4.79. The van der Waals surface area contributed by atoms with Gasteiger partial charge in [0.15, 0.2) is 5.69 Å². The van der Waals surface area contributed by atoms with Crippen LogP contribution in [0.3, 0.4) is 0 Å². The lowest BCUT2D eigenvalue weighted by Crippen LogP contribution is -2.45. The quantitative estimate of drug-likeness (QED) is 0.746. The number of halogens is 2. The minimum absolute atomic E-state index is 0.217. The molecule has 29 heavy (non-hydrogen) atoms. The van der Waals surface area contributed by atoms with Crippen LogP contribution in [0.1, 0.15) is 66.8 Å². The van der Waals surface area contributed by atoms with Crippen molar-refractivity contribution in [2.45, 2.75) is 70.4 Å². The monoisotopic (exact) mass is 410 g/mol. The highest BCUT2D eigenvalue weighted by molar-refractivity contribution is 5.94. The Morgan fingerprint density at radius 1 is 1.07 bits per heavy atom. The number of alkyl halides is 2. The molecule has 6 nitrogen and oxygen atoms in total. The van der Waals surface area contributed by atoms with Crippen LogP contribution in [-0.2, 0) is 6.54 Å². The largest absolute Gasteiger partial charge is 0.361 e. The minimum atomic E-state index is -2.85. The summed E-state index contributed by atoms with van der Waals surface area (Å²) in [6.45, 7) is 6.19. The maximum Gasteiger partial charge on any atom is 0.276 e. The summed E-state index contributed by atoms with van der Waals surface area (Å²) in [5.74, 6) is -2.65. The lowest BCUT2D eigenvalue weighted by atomic mass is 10.1. The molecule has 3 aliphatic rings. The normalized spacial score (nSPS) is 26.2. The molecule has 0 N–H and O–H groups in total. The van der Waals surface area contributed by atoms with Crippen molar-refractivity contribution < 1.29 is 18.1 Å². The summed E-state index contributed by atoms with van der Waals surface area (Å²) in [6.07, 6.45) is 6.63. The highest BCUT2D eigenvalue weighted by Crippen LogP contribution is 2.34. The molecule has 0 aromatic carbocycles. The predicted molar refractivity (Wildman–Crippen MR) is 105 cm³/mol. The van der Waals surface area contributed by atoms with Crippen molar-refractivity contribution in [2.24, 2.45) is 0 Å². The van der Waals surface area contributed by atoms with Gasteiger partial charge in [0, 0.05) is 25.1 Å². The molecule has 4 rings (SSSR count). The summed E-state index contributed by atoms with van der Waals surface area (Å²) < 4.78 is 33.9. The van der Waals surface area contributed by atoms with E-state index in [1.807, 2.05) is 0 Å². The number of likely N-dealkylation sites (tertiary alicyclic amines) is 3. The highest BCUT2D eigenvalue weighted by Gasteiger charge is 2.48. The Kier molecular flexibility index (Phi) is 6.20. The third-order valence-electron chi connectivity index (χ3n) is 6.57. The maximum absolute atomic E-state index is 14.3. The smallest absolute Gasteiger partial charge is 0.276 e. The van der Waals surface area contributed by atoms with Crippen LogP contribution in [0.15, 0.2) is 4.52 Å². The number of hydrogen-bond donors (Lipinski definition) is 0. The second kappa shape index (κ2) is 8.68. The van der Waals surface area contributed by atoms with Gasteiger partial charge < -0.3 is 14.3 Å². The molecule has 0 spiro atoms. The highest BCUT2D eigenvalue weighted by atomic mass is 19.3. The SMILES string of the molecule is Cc1onc(C(=O)N2CC(F)(F)C[C@H]2CN2CCCCC2)c1CN1CCCCC1. The van der Waals surface area contributed by atoms with Gasteiger partial charge in [-0.2, -0.15) is 0 Å². The Morgan fingerprint density at radius 3 is 2.34 bits per heavy atom. The van der Waals surface area contributed by atoms with Crippen LogP contribution in [0, 0.1) is 6.92 Å². The zero-order valence-corrected chi connectivity index (χ0v) is 17.3. The second-order valence-corrected chi connectivity index (χ2v) is 8.91. The number of piperidine rings is 2. The van der Waals surface area contributed by atoms with Crippen LogP contribution in [0.25, 0.3) is 0 Å². The number of carbonyl (C=O) groups excluding carboxylic acids is 1. The van der Waals surface area contributed by atoms with Gasteiger partial charge in [0.1, 0.15) is 5.76 Å². The van der Waals surface area contributed by atoms with E-state index in [-0.39, 0.29) is 12.1 Å². The number of aryl methyl sites for hydroxylation is 1. The molecule has 0 radical (unpaired) electrons. The molecule has 162 valence electrons. The van der Waals surface area contributed by atoms with E-state index in [0.717, 1.165) is 57.4 Å². The van der Waals surface area contributed by atoms with Gasteiger partial charge in [-0.1, -0.05) is 18.0 Å². The molecular formula is C21H32F2N4O2. The van der Waals surface area contributed by atoms with Crippen LogP contribution >= 0.6 is 0 Å². The van der Waals surface area contributed by atoms with Gasteiger partial charge in [-0.3, -0.25) is 9.69 Å². The number of nitrogens with zero attached hydrogens (tertiary/aromatic N) is 4. The Balaban J connectivity index is 1.50. The van der Waals surface area contributed by atoms with Gasteiger partial charge in [-0.15, -0.1) is 0 Å². The summed E-state index contributed by atoms with van der Waals surface area (Å²) >= 11 is 0. The van der Waals surface area contributed by atoms with Crippen molar-refractivity contribution in [2.75, 3.05) is 39.3 Å². The summed E-state index contributed by atoms with van der Waals surface area (Å²) in [4.78, 5) is 19.2. The molecule has 1 aromatic heterocycles. The molecule has 1 aromatic rings. The Morgan fingerprint density at radius 2 is 1.69 bits per heavy atom. The lowest BCUT2D eigenvalue weighted by Gasteiger charge is -2.32. The van der Waals surface area contributed by atoms with Crippen molar-refractivity contribution in [1.29, 1.82) is 0 Å². The zero-order chi connectivity index (χ0) is 20.4. The molecule has 3 saturated heterocycles. The first-order chi connectivity index (χ1) is 13.9. The van der Waals surface area contributed by atoms with E-state index in [4.69, 9.17) is 4.52 Å². The van der Waals surface area contributed by atoms with Gasteiger partial charge in [0.2, 0.25) is 0 Å². The molecule has 0 bridgehead atoms. The Labute approximate surface area is 171 Å². The molecule has 0 unspecified atom stereocenters. The van der Waals surface area contributed by atoms with E-state index in [0.29, 0.717) is 18.8 Å². The third-order valence-corrected chi connectivity index (χ3v) is 6.57. The van der Waals surface area contributed by atoms with E-state index in [2.05, 4.69) is 15.0 Å². The van der Waals surface area contributed by atoms with Crippen LogP contribution in [0.5, 0.6) is 0 Å². The number of carbonyl (C=O) groups is 1. The Hall–Kier alpha value is -1.54. The molecular weight excluding hydrogens is 378 g/mol. The fourth-order valence-corrected chi connectivity index (χ4v) is 4.96. The summed E-state index contributed by atoms with van der Waals surface area (Å²) in [5, 5.41) is 4.00. The van der Waals surface area contributed by atoms with Gasteiger partial charge in [-0.25, -0.2) is 8.78 Å². The molecule has 3 aliphatic heterocycles. The lowest BCUT2D eigenvalue weighted by molar-refractivity contribution is 0.0115. The Bertz CT molecular complexity index is 712. The first-order valence-electron chi connectivity index (χ1n) is 11.0. The number of amides is 1. The first-order valence-corrected chi connectivity index (χ1v) is 11.0. The molecule has 0 saturated carbocycles. The van der Waals surface area contributed by atoms with Crippen LogP contribution in [-0.4, -0.2) is 77.0 Å². The van der Waals surface area contributed by atoms with E-state index in [1.54, 1.807) is 6.92 Å². The first kappa shape index (κ1) is 20.7. The molecule has 1 amide bonds. The summed E-state index contributed by atoms with van der Waals surface area (Å²) in [7, 11) is 0. The van der Waals surface area contributed by atoms with E-state index >= 15 is 0 Å². The average Bonchev–Trinajstić information content (AvgIpc) is 3.22. The summed E-state index contributed by atoms with van der Waals surface area (Å²) in [6, 6.07) is -0.476. The van der Waals surface area contributed by atoms with Crippen LogP contribution < -0.4 is 0 Å². The van der Waals surface area contributed by atoms with Crippen molar-refractivity contribution in [3.8, 4) is 0 Å². The average molecular weight is 411 g/mol. The standard InChI is InChI=1S/C21H32F2N4O2/c1-16-18(14-26-10-6-3-7-11-26)19(24-29-16)20(28)27-15-21(22,23)12-17(27)13-25-8-4-2-5-9-25/h17H,2-15H2,1H3/t17-/m0/s1. The molecule has 8 heteroatoms. The number of aromatic nitrogens is 1. The molecule has 1 atom stereocenters. The summed E-state index contributed by atoms with van der Waals surface area (Å²) in [5.41, 5.74) is 0.971. The van der Waals surface area contributed by atoms with E-state index in [9.17, 15) is 13.6 Å². The van der Waals surface area contributed by atoms with Gasteiger partial charge in [-0.05, 0) is 58.8 Å². The van der Waals surface area contributed by atoms with Crippen molar-refractivity contribution in [3.63, 3.8) is 0 Å². The molecule has 4 heterocycles. The fraction of sp³-hybridized carbons (Fsp3) is 0.810. The topological polar surface area (TPSA) is 52.8 Å². The van der Waals surface area contributed by atoms with E-state index in [1.165, 1.54) is 17.7 Å². The molecule has 0 aliphatic carbocycles. The van der Waals surface area contributed by atoms with Gasteiger partial charge >= 0.3 is 0 Å². The van der Waals surface area contributed by atoms with E-state index < -0.39 is 24.4 Å². The molecule has 3 fully saturated rings. The van der Waals surface area contributed by atoms with Crippen molar-refractivity contribution in [1.82, 2.24) is 19.9 Å². The zero-order valence-electron chi connectivity index (χ0n) is 17.3. The van der Waals surface area contributed by atoms with Crippen LogP contribution in [0.4, 0.5) is 8.78 Å².